The quantitative estimate of drug-likeness (QED) is 0.563. The maximum atomic E-state index is 9.18. The molecule has 10 heteroatoms. The van der Waals surface area contributed by atoms with Gasteiger partial charge in [-0.3, -0.25) is 13.8 Å². The zero-order valence-corrected chi connectivity index (χ0v) is 16.0. The summed E-state index contributed by atoms with van der Waals surface area (Å²) >= 11 is 0. The molecule has 1 aliphatic heterocycles. The van der Waals surface area contributed by atoms with E-state index >= 15 is 0 Å². The number of halogens is 1. The Hall–Kier alpha value is -3.22. The lowest BCUT2D eigenvalue weighted by Crippen LogP contribution is -2.60. The van der Waals surface area contributed by atoms with Crippen LogP contribution in [0.5, 0.6) is 0 Å². The van der Waals surface area contributed by atoms with E-state index in [0.717, 1.165) is 41.4 Å². The predicted octanol–water partition coefficient (Wildman–Crippen LogP) is 1.63. The van der Waals surface area contributed by atoms with Gasteiger partial charge in [-0.25, -0.2) is 9.97 Å². The van der Waals surface area contributed by atoms with Gasteiger partial charge >= 0.3 is 0 Å². The molecule has 0 bridgehead atoms. The number of hydrogen-bond acceptors (Lipinski definition) is 6. The zero-order valence-electron chi connectivity index (χ0n) is 15.1. The second-order valence-corrected chi connectivity index (χ2v) is 6.86. The summed E-state index contributed by atoms with van der Waals surface area (Å²) in [5, 5.41) is 21.2. The van der Waals surface area contributed by atoms with Crippen LogP contribution in [0.1, 0.15) is 6.42 Å². The molecule has 0 saturated carbocycles. The van der Waals surface area contributed by atoms with Gasteiger partial charge in [0.1, 0.15) is 17.0 Å². The third-order valence-corrected chi connectivity index (χ3v) is 5.03. The smallest absolute Gasteiger partial charge is 0.149 e. The highest BCUT2D eigenvalue weighted by Gasteiger charge is 2.39. The van der Waals surface area contributed by atoms with Crippen molar-refractivity contribution in [1.29, 1.82) is 5.26 Å². The van der Waals surface area contributed by atoms with E-state index in [-0.39, 0.29) is 17.9 Å². The fourth-order valence-electron chi connectivity index (χ4n) is 3.45. The third kappa shape index (κ3) is 2.74. The maximum absolute atomic E-state index is 9.18. The van der Waals surface area contributed by atoms with Gasteiger partial charge < -0.3 is 5.32 Å². The van der Waals surface area contributed by atoms with E-state index in [1.807, 2.05) is 40.8 Å². The number of aryl methyl sites for hydroxylation is 1. The Labute approximate surface area is 167 Å². The minimum absolute atomic E-state index is 0. The molecule has 0 atom stereocenters. The van der Waals surface area contributed by atoms with Gasteiger partial charge in [-0.05, 0) is 0 Å². The van der Waals surface area contributed by atoms with Gasteiger partial charge in [0.05, 0.1) is 36.1 Å². The van der Waals surface area contributed by atoms with Gasteiger partial charge in [0.15, 0.2) is 0 Å². The molecule has 1 aliphatic rings. The Morgan fingerprint density at radius 1 is 1.21 bits per heavy atom. The van der Waals surface area contributed by atoms with Crippen LogP contribution < -0.4 is 5.32 Å². The molecule has 5 rings (SSSR count). The number of nitrogens with one attached hydrogen (secondary N) is 1. The van der Waals surface area contributed by atoms with Crippen molar-refractivity contribution >= 4 is 18.1 Å². The minimum atomic E-state index is -0.276. The molecule has 0 spiro atoms. The van der Waals surface area contributed by atoms with E-state index < -0.39 is 0 Å². The SMILES string of the molecule is Cl.Cn1cc(-c2cc3nccn3c(-c3cnn(C4(CC#N)CNC4)c3)n2)cn1. The second kappa shape index (κ2) is 6.74. The number of rotatable bonds is 4. The van der Waals surface area contributed by atoms with Crippen LogP contribution in [0.2, 0.25) is 0 Å². The van der Waals surface area contributed by atoms with Crippen LogP contribution in [0.3, 0.4) is 0 Å². The molecule has 0 aliphatic carbocycles. The number of imidazole rings is 1. The first kappa shape index (κ1) is 18.2. The van der Waals surface area contributed by atoms with Crippen molar-refractivity contribution in [3.8, 4) is 28.7 Å². The van der Waals surface area contributed by atoms with Crippen LogP contribution in [0.4, 0.5) is 0 Å². The average Bonchev–Trinajstić information content (AvgIpc) is 3.37. The van der Waals surface area contributed by atoms with E-state index in [0.29, 0.717) is 6.42 Å². The number of fused-ring (bicyclic) bond motifs is 1. The van der Waals surface area contributed by atoms with Crippen LogP contribution in [0.15, 0.2) is 43.2 Å². The number of aromatic nitrogens is 7. The molecule has 4 aromatic rings. The lowest BCUT2D eigenvalue weighted by atomic mass is 9.89. The molecule has 142 valence electrons. The first-order chi connectivity index (χ1) is 13.2. The first-order valence-corrected chi connectivity index (χ1v) is 8.65. The first-order valence-electron chi connectivity index (χ1n) is 8.65. The molecule has 5 heterocycles. The summed E-state index contributed by atoms with van der Waals surface area (Å²) in [5.74, 6) is 0.759. The standard InChI is InChI=1S/C18H17N9.ClH/c1-25-9-13(7-22-25)15-6-16-21-4-5-26(16)17(24-15)14-8-23-27(10-14)18(2-3-19)11-20-12-18;/h4-10,20H,2,11-12H2,1H3;1H. The van der Waals surface area contributed by atoms with Crippen molar-refractivity contribution in [2.45, 2.75) is 12.0 Å². The van der Waals surface area contributed by atoms with Gasteiger partial charge in [-0.2, -0.15) is 15.5 Å². The molecule has 4 aromatic heterocycles. The Kier molecular flexibility index (Phi) is 4.37. The van der Waals surface area contributed by atoms with Gasteiger partial charge in [0, 0.05) is 56.6 Å². The molecule has 1 fully saturated rings. The van der Waals surface area contributed by atoms with Gasteiger partial charge in [-0.1, -0.05) is 0 Å². The van der Waals surface area contributed by atoms with Crippen LogP contribution >= 0.6 is 12.4 Å². The van der Waals surface area contributed by atoms with E-state index in [2.05, 4.69) is 26.6 Å². The highest BCUT2D eigenvalue weighted by Crippen LogP contribution is 2.29. The predicted molar refractivity (Wildman–Crippen MR) is 105 cm³/mol. The fraction of sp³-hybridized carbons (Fsp3) is 0.278. The van der Waals surface area contributed by atoms with Crippen molar-refractivity contribution in [3.05, 3.63) is 43.2 Å². The van der Waals surface area contributed by atoms with Crippen LogP contribution in [-0.2, 0) is 12.6 Å². The van der Waals surface area contributed by atoms with Crippen LogP contribution in [0.25, 0.3) is 28.3 Å². The summed E-state index contributed by atoms with van der Waals surface area (Å²) in [6.45, 7) is 1.48. The largest absolute Gasteiger partial charge is 0.312 e. The molecule has 9 nitrogen and oxygen atoms in total. The molecule has 0 unspecified atom stereocenters. The minimum Gasteiger partial charge on any atom is -0.312 e. The van der Waals surface area contributed by atoms with Crippen molar-refractivity contribution in [3.63, 3.8) is 0 Å². The zero-order chi connectivity index (χ0) is 18.4. The Morgan fingerprint density at radius 2 is 2.04 bits per heavy atom. The Bertz CT molecular complexity index is 1180. The lowest BCUT2D eigenvalue weighted by molar-refractivity contribution is 0.160. The highest BCUT2D eigenvalue weighted by atomic mass is 35.5. The summed E-state index contributed by atoms with van der Waals surface area (Å²) in [6.07, 6.45) is 11.5. The third-order valence-electron chi connectivity index (χ3n) is 5.03. The van der Waals surface area contributed by atoms with E-state index in [1.165, 1.54) is 0 Å². The number of hydrogen-bond donors (Lipinski definition) is 1. The fourth-order valence-corrected chi connectivity index (χ4v) is 3.45. The van der Waals surface area contributed by atoms with E-state index in [9.17, 15) is 5.26 Å². The second-order valence-electron chi connectivity index (χ2n) is 6.86. The van der Waals surface area contributed by atoms with Crippen molar-refractivity contribution in [2.24, 2.45) is 7.05 Å². The lowest BCUT2D eigenvalue weighted by Gasteiger charge is -2.41. The molecule has 28 heavy (non-hydrogen) atoms. The summed E-state index contributed by atoms with van der Waals surface area (Å²) in [7, 11) is 1.88. The Morgan fingerprint density at radius 3 is 2.71 bits per heavy atom. The summed E-state index contributed by atoms with van der Waals surface area (Å²) in [4.78, 5) is 9.27. The topological polar surface area (TPSA) is 102 Å². The van der Waals surface area contributed by atoms with Crippen molar-refractivity contribution in [2.75, 3.05) is 13.1 Å². The average molecular weight is 396 g/mol. The molecule has 0 amide bonds. The summed E-state index contributed by atoms with van der Waals surface area (Å²) in [6, 6.07) is 4.22. The normalized spacial score (nSPS) is 15.0. The highest BCUT2D eigenvalue weighted by molar-refractivity contribution is 5.85. The number of nitriles is 1. The van der Waals surface area contributed by atoms with Gasteiger partial charge in [0.2, 0.25) is 0 Å². The number of nitrogens with zero attached hydrogens (tertiary/aromatic N) is 8. The summed E-state index contributed by atoms with van der Waals surface area (Å²) < 4.78 is 5.58. The van der Waals surface area contributed by atoms with Crippen molar-refractivity contribution in [1.82, 2.24) is 39.2 Å². The molecular weight excluding hydrogens is 378 g/mol. The van der Waals surface area contributed by atoms with E-state index in [1.54, 1.807) is 23.3 Å². The molecule has 1 N–H and O–H groups in total. The van der Waals surface area contributed by atoms with Crippen LogP contribution in [-0.4, -0.2) is 47.0 Å². The van der Waals surface area contributed by atoms with Gasteiger partial charge in [0.25, 0.3) is 0 Å². The maximum Gasteiger partial charge on any atom is 0.149 e. The summed E-state index contributed by atoms with van der Waals surface area (Å²) in [5.41, 5.74) is 3.15. The molecule has 1 saturated heterocycles. The van der Waals surface area contributed by atoms with E-state index in [4.69, 9.17) is 4.98 Å². The van der Waals surface area contributed by atoms with Crippen molar-refractivity contribution < 1.29 is 0 Å². The molecule has 0 aromatic carbocycles. The molecule has 0 radical (unpaired) electrons. The molecular formula is C18H18ClN9. The van der Waals surface area contributed by atoms with Crippen LogP contribution in [0, 0.1) is 11.3 Å². The van der Waals surface area contributed by atoms with Gasteiger partial charge in [-0.15, -0.1) is 12.4 Å². The Balaban J connectivity index is 0.00000192. The monoisotopic (exact) mass is 395 g/mol.